The molecule has 88 valence electrons. The molecule has 0 aromatic carbocycles. The van der Waals surface area contributed by atoms with Crippen LogP contribution in [0.1, 0.15) is 39.5 Å². The van der Waals surface area contributed by atoms with E-state index in [1.807, 2.05) is 0 Å². The molecule has 2 aliphatic rings. The van der Waals surface area contributed by atoms with Gasteiger partial charge in [-0.2, -0.15) is 0 Å². The van der Waals surface area contributed by atoms with Crippen LogP contribution in [0.5, 0.6) is 0 Å². The lowest BCUT2D eigenvalue weighted by Crippen LogP contribution is -2.06. The number of ether oxygens (including phenoxy) is 1. The molecule has 0 bridgehead atoms. The van der Waals surface area contributed by atoms with Crippen LogP contribution in [0.3, 0.4) is 0 Å². The SMILES string of the molecule is CCC1(C)C=CC2=C(C=C1)CCOCCC2. The highest BCUT2D eigenvalue weighted by Gasteiger charge is 2.18. The van der Waals surface area contributed by atoms with Crippen LogP contribution in [-0.2, 0) is 4.74 Å². The van der Waals surface area contributed by atoms with E-state index in [0.29, 0.717) is 0 Å². The van der Waals surface area contributed by atoms with Gasteiger partial charge < -0.3 is 4.74 Å². The van der Waals surface area contributed by atoms with Gasteiger partial charge in [-0.15, -0.1) is 0 Å². The second-order valence-electron chi connectivity index (χ2n) is 5.04. The van der Waals surface area contributed by atoms with Crippen molar-refractivity contribution in [1.29, 1.82) is 0 Å². The number of hydrogen-bond acceptors (Lipinski definition) is 1. The molecular weight excluding hydrogens is 196 g/mol. The van der Waals surface area contributed by atoms with Crippen LogP contribution in [0.2, 0.25) is 0 Å². The maximum absolute atomic E-state index is 5.55. The largest absolute Gasteiger partial charge is 0.381 e. The van der Waals surface area contributed by atoms with Crippen molar-refractivity contribution in [2.45, 2.75) is 39.5 Å². The Hall–Kier alpha value is -0.820. The van der Waals surface area contributed by atoms with E-state index in [2.05, 4.69) is 38.2 Å². The van der Waals surface area contributed by atoms with Gasteiger partial charge in [0, 0.05) is 12.0 Å². The summed E-state index contributed by atoms with van der Waals surface area (Å²) in [6.45, 7) is 6.34. The van der Waals surface area contributed by atoms with E-state index >= 15 is 0 Å². The standard InChI is InChI=1S/C15H22O/c1-3-15(2)9-6-13-5-4-11-16-12-8-14(13)7-10-15/h6-7,9-10H,3-5,8,11-12H2,1-2H3. The highest BCUT2D eigenvalue weighted by atomic mass is 16.5. The first kappa shape index (κ1) is 11.7. The van der Waals surface area contributed by atoms with Crippen LogP contribution < -0.4 is 0 Å². The fourth-order valence-corrected chi connectivity index (χ4v) is 2.22. The zero-order chi connectivity index (χ0) is 11.4. The maximum Gasteiger partial charge on any atom is 0.0506 e. The summed E-state index contributed by atoms with van der Waals surface area (Å²) >= 11 is 0. The fourth-order valence-electron chi connectivity index (χ4n) is 2.22. The number of rotatable bonds is 1. The van der Waals surface area contributed by atoms with Crippen molar-refractivity contribution in [3.8, 4) is 0 Å². The summed E-state index contributed by atoms with van der Waals surface area (Å²) in [6, 6.07) is 0. The minimum Gasteiger partial charge on any atom is -0.381 e. The highest BCUT2D eigenvalue weighted by molar-refractivity contribution is 5.38. The molecule has 1 unspecified atom stereocenters. The van der Waals surface area contributed by atoms with Crippen molar-refractivity contribution in [3.05, 3.63) is 35.5 Å². The zero-order valence-electron chi connectivity index (χ0n) is 10.5. The first-order valence-electron chi connectivity index (χ1n) is 6.42. The summed E-state index contributed by atoms with van der Waals surface area (Å²) < 4.78 is 5.55. The molecule has 1 atom stereocenters. The average Bonchev–Trinajstić information content (AvgIpc) is 2.40. The topological polar surface area (TPSA) is 9.23 Å². The van der Waals surface area contributed by atoms with Crippen molar-refractivity contribution < 1.29 is 4.74 Å². The van der Waals surface area contributed by atoms with Gasteiger partial charge in [0.1, 0.15) is 0 Å². The smallest absolute Gasteiger partial charge is 0.0506 e. The third-order valence-electron chi connectivity index (χ3n) is 3.76. The van der Waals surface area contributed by atoms with Gasteiger partial charge in [0.15, 0.2) is 0 Å². The van der Waals surface area contributed by atoms with Crippen molar-refractivity contribution in [1.82, 2.24) is 0 Å². The molecular formula is C15H22O. The summed E-state index contributed by atoms with van der Waals surface area (Å²) in [5.74, 6) is 0. The van der Waals surface area contributed by atoms with Crippen molar-refractivity contribution >= 4 is 0 Å². The Labute approximate surface area is 98.9 Å². The molecule has 2 rings (SSSR count). The Bertz CT molecular complexity index is 305. The molecule has 0 amide bonds. The summed E-state index contributed by atoms with van der Waals surface area (Å²) in [6.07, 6.45) is 13.9. The van der Waals surface area contributed by atoms with E-state index in [9.17, 15) is 0 Å². The first-order valence-corrected chi connectivity index (χ1v) is 6.42. The van der Waals surface area contributed by atoms with Crippen molar-refractivity contribution in [3.63, 3.8) is 0 Å². The van der Waals surface area contributed by atoms with Crippen molar-refractivity contribution in [2.75, 3.05) is 13.2 Å². The van der Waals surface area contributed by atoms with Gasteiger partial charge in [0.05, 0.1) is 6.61 Å². The van der Waals surface area contributed by atoms with Gasteiger partial charge >= 0.3 is 0 Å². The van der Waals surface area contributed by atoms with Crippen LogP contribution in [0.4, 0.5) is 0 Å². The summed E-state index contributed by atoms with van der Waals surface area (Å²) in [7, 11) is 0. The van der Waals surface area contributed by atoms with Gasteiger partial charge in [-0.25, -0.2) is 0 Å². The monoisotopic (exact) mass is 218 g/mol. The Morgan fingerprint density at radius 3 is 2.50 bits per heavy atom. The van der Waals surface area contributed by atoms with Crippen LogP contribution in [0.15, 0.2) is 35.5 Å². The lowest BCUT2D eigenvalue weighted by molar-refractivity contribution is 0.132. The number of allylic oxidation sites excluding steroid dienone is 5. The molecule has 1 aliphatic carbocycles. The molecule has 0 N–H and O–H groups in total. The maximum atomic E-state index is 5.55. The van der Waals surface area contributed by atoms with Crippen LogP contribution in [0.25, 0.3) is 0 Å². The Morgan fingerprint density at radius 1 is 1.12 bits per heavy atom. The summed E-state index contributed by atoms with van der Waals surface area (Å²) in [5, 5.41) is 0. The van der Waals surface area contributed by atoms with E-state index < -0.39 is 0 Å². The van der Waals surface area contributed by atoms with Gasteiger partial charge in [-0.05, 0) is 36.8 Å². The van der Waals surface area contributed by atoms with Gasteiger partial charge in [-0.3, -0.25) is 0 Å². The first-order chi connectivity index (χ1) is 7.73. The molecule has 0 saturated carbocycles. The van der Waals surface area contributed by atoms with Gasteiger partial charge in [0.25, 0.3) is 0 Å². The molecule has 0 aromatic heterocycles. The summed E-state index contributed by atoms with van der Waals surface area (Å²) in [4.78, 5) is 0. The van der Waals surface area contributed by atoms with E-state index in [1.165, 1.54) is 11.1 Å². The Balaban J connectivity index is 2.24. The minimum atomic E-state index is 0.238. The predicted octanol–water partition coefficient (Wildman–Crippen LogP) is 4.03. The Kier molecular flexibility index (Phi) is 3.65. The predicted molar refractivity (Wildman–Crippen MR) is 68.4 cm³/mol. The molecule has 0 saturated heterocycles. The normalized spacial score (nSPS) is 30.6. The van der Waals surface area contributed by atoms with Crippen LogP contribution in [0, 0.1) is 5.41 Å². The zero-order valence-corrected chi connectivity index (χ0v) is 10.5. The highest BCUT2D eigenvalue weighted by Crippen LogP contribution is 2.32. The van der Waals surface area contributed by atoms with Crippen LogP contribution >= 0.6 is 0 Å². The van der Waals surface area contributed by atoms with E-state index in [1.54, 1.807) is 0 Å². The van der Waals surface area contributed by atoms with E-state index in [-0.39, 0.29) is 5.41 Å². The third kappa shape index (κ3) is 2.65. The molecule has 0 fully saturated rings. The van der Waals surface area contributed by atoms with Crippen molar-refractivity contribution in [2.24, 2.45) is 5.41 Å². The molecule has 0 aromatic rings. The fraction of sp³-hybridized carbons (Fsp3) is 0.600. The van der Waals surface area contributed by atoms with E-state index in [4.69, 9.17) is 4.74 Å². The minimum absolute atomic E-state index is 0.238. The molecule has 1 nitrogen and oxygen atoms in total. The number of hydrogen-bond donors (Lipinski definition) is 0. The molecule has 1 heteroatoms. The molecule has 0 radical (unpaired) electrons. The quantitative estimate of drug-likeness (QED) is 0.645. The van der Waals surface area contributed by atoms with Gasteiger partial charge in [-0.1, -0.05) is 38.2 Å². The Morgan fingerprint density at radius 2 is 1.81 bits per heavy atom. The van der Waals surface area contributed by atoms with Gasteiger partial charge in [0.2, 0.25) is 0 Å². The summed E-state index contributed by atoms with van der Waals surface area (Å²) in [5.41, 5.74) is 3.24. The molecule has 0 spiro atoms. The lowest BCUT2D eigenvalue weighted by Gasteiger charge is -2.18. The lowest BCUT2D eigenvalue weighted by atomic mass is 9.87. The average molecular weight is 218 g/mol. The third-order valence-corrected chi connectivity index (χ3v) is 3.76. The molecule has 16 heavy (non-hydrogen) atoms. The molecule has 1 aliphatic heterocycles. The second kappa shape index (κ2) is 5.01. The second-order valence-corrected chi connectivity index (χ2v) is 5.04. The van der Waals surface area contributed by atoms with Crippen LogP contribution in [-0.4, -0.2) is 13.2 Å². The molecule has 1 heterocycles. The van der Waals surface area contributed by atoms with E-state index in [0.717, 1.165) is 38.9 Å².